The molecule has 1 saturated carbocycles. The Morgan fingerprint density at radius 1 is 1.29 bits per heavy atom. The van der Waals surface area contributed by atoms with E-state index in [2.05, 4.69) is 10.6 Å². The van der Waals surface area contributed by atoms with Gasteiger partial charge in [0.05, 0.1) is 5.92 Å². The first-order valence-corrected chi connectivity index (χ1v) is 7.04. The number of aryl methyl sites for hydroxylation is 1. The maximum atomic E-state index is 13.0. The van der Waals surface area contributed by atoms with Crippen LogP contribution in [0.25, 0.3) is 0 Å². The number of aliphatic carboxylic acids is 1. The van der Waals surface area contributed by atoms with Crippen LogP contribution in [-0.2, 0) is 4.79 Å². The molecule has 0 bridgehead atoms. The molecule has 5 nitrogen and oxygen atoms in total. The molecule has 0 aliphatic heterocycles. The van der Waals surface area contributed by atoms with Crippen molar-refractivity contribution in [2.75, 3.05) is 5.32 Å². The molecule has 0 heterocycles. The molecule has 6 heteroatoms. The molecule has 0 radical (unpaired) electrons. The van der Waals surface area contributed by atoms with E-state index in [1.807, 2.05) is 0 Å². The highest BCUT2D eigenvalue weighted by Crippen LogP contribution is 2.25. The average molecular weight is 294 g/mol. The number of rotatable bonds is 3. The maximum absolute atomic E-state index is 13.0. The molecule has 2 amide bonds. The summed E-state index contributed by atoms with van der Waals surface area (Å²) in [6, 6.07) is 3.26. The second-order valence-electron chi connectivity index (χ2n) is 5.39. The highest BCUT2D eigenvalue weighted by Gasteiger charge is 2.31. The number of carboxylic acid groups (broad SMARTS) is 1. The molecule has 1 aromatic carbocycles. The standard InChI is InChI=1S/C15H19FN2O3/c1-9-8-10(16)6-7-12(9)17-15(21)18-13-5-3-2-4-11(13)14(19)20/h6-8,11,13H,2-5H2,1H3,(H,19,20)(H2,17,18,21). The second-order valence-corrected chi connectivity index (χ2v) is 5.39. The third-order valence-electron chi connectivity index (χ3n) is 3.84. The molecular weight excluding hydrogens is 275 g/mol. The van der Waals surface area contributed by atoms with Crippen molar-refractivity contribution in [3.8, 4) is 0 Å². The molecule has 1 fully saturated rings. The number of nitrogens with one attached hydrogen (secondary N) is 2. The number of carbonyl (C=O) groups is 2. The van der Waals surface area contributed by atoms with Crippen molar-refractivity contribution >= 4 is 17.7 Å². The van der Waals surface area contributed by atoms with Crippen molar-refractivity contribution in [2.24, 2.45) is 5.92 Å². The maximum Gasteiger partial charge on any atom is 0.319 e. The Morgan fingerprint density at radius 2 is 2.00 bits per heavy atom. The molecule has 3 N–H and O–H groups in total. The third kappa shape index (κ3) is 3.93. The van der Waals surface area contributed by atoms with Gasteiger partial charge in [0.2, 0.25) is 0 Å². The van der Waals surface area contributed by atoms with Crippen molar-refractivity contribution < 1.29 is 19.1 Å². The number of halogens is 1. The van der Waals surface area contributed by atoms with Gasteiger partial charge in [-0.1, -0.05) is 12.8 Å². The van der Waals surface area contributed by atoms with Crippen LogP contribution in [0.3, 0.4) is 0 Å². The zero-order valence-corrected chi connectivity index (χ0v) is 11.9. The number of anilines is 1. The van der Waals surface area contributed by atoms with Crippen LogP contribution in [0.1, 0.15) is 31.2 Å². The van der Waals surface area contributed by atoms with Crippen LogP contribution < -0.4 is 10.6 Å². The molecule has 0 aromatic heterocycles. The average Bonchev–Trinajstić information content (AvgIpc) is 2.42. The molecule has 114 valence electrons. The van der Waals surface area contributed by atoms with Crippen molar-refractivity contribution in [3.05, 3.63) is 29.6 Å². The first-order chi connectivity index (χ1) is 9.97. The fourth-order valence-electron chi connectivity index (χ4n) is 2.69. The number of hydrogen-bond donors (Lipinski definition) is 3. The Balaban J connectivity index is 1.98. The molecule has 1 aromatic rings. The fraction of sp³-hybridized carbons (Fsp3) is 0.467. The van der Waals surface area contributed by atoms with E-state index in [4.69, 9.17) is 0 Å². The lowest BCUT2D eigenvalue weighted by Gasteiger charge is -2.29. The van der Waals surface area contributed by atoms with E-state index in [1.165, 1.54) is 18.2 Å². The van der Waals surface area contributed by atoms with Crippen LogP contribution in [0.5, 0.6) is 0 Å². The Morgan fingerprint density at radius 3 is 2.67 bits per heavy atom. The van der Waals surface area contributed by atoms with Gasteiger partial charge in [-0.15, -0.1) is 0 Å². The predicted octanol–water partition coefficient (Wildman–Crippen LogP) is 2.90. The molecule has 2 rings (SSSR count). The Kier molecular flexibility index (Phi) is 4.77. The van der Waals surface area contributed by atoms with Gasteiger partial charge in [0.25, 0.3) is 0 Å². The normalized spacial score (nSPS) is 21.6. The summed E-state index contributed by atoms with van der Waals surface area (Å²) in [5.41, 5.74) is 1.13. The van der Waals surface area contributed by atoms with Crippen LogP contribution >= 0.6 is 0 Å². The lowest BCUT2D eigenvalue weighted by molar-refractivity contribution is -0.143. The van der Waals surface area contributed by atoms with Gasteiger partial charge in [-0.25, -0.2) is 9.18 Å². The van der Waals surface area contributed by atoms with Crippen molar-refractivity contribution in [1.29, 1.82) is 0 Å². The predicted molar refractivity (Wildman–Crippen MR) is 76.7 cm³/mol. The number of amides is 2. The molecule has 2 unspecified atom stereocenters. The fourth-order valence-corrected chi connectivity index (χ4v) is 2.69. The summed E-state index contributed by atoms with van der Waals surface area (Å²) in [5, 5.41) is 14.5. The van der Waals surface area contributed by atoms with E-state index < -0.39 is 17.9 Å². The lowest BCUT2D eigenvalue weighted by atomic mass is 9.84. The Labute approximate surface area is 122 Å². The first kappa shape index (κ1) is 15.3. The summed E-state index contributed by atoms with van der Waals surface area (Å²) in [6.07, 6.45) is 3.01. The minimum atomic E-state index is -0.877. The molecule has 1 aliphatic carbocycles. The van der Waals surface area contributed by atoms with Crippen molar-refractivity contribution in [2.45, 2.75) is 38.6 Å². The number of hydrogen-bond acceptors (Lipinski definition) is 2. The summed E-state index contributed by atoms with van der Waals surface area (Å²) in [5.74, 6) is -1.78. The van der Waals surface area contributed by atoms with Gasteiger partial charge >= 0.3 is 12.0 Å². The van der Waals surface area contributed by atoms with E-state index in [-0.39, 0.29) is 11.9 Å². The zero-order valence-electron chi connectivity index (χ0n) is 11.9. The third-order valence-corrected chi connectivity index (χ3v) is 3.84. The molecule has 21 heavy (non-hydrogen) atoms. The lowest BCUT2D eigenvalue weighted by Crippen LogP contribution is -2.46. The monoisotopic (exact) mass is 294 g/mol. The Hall–Kier alpha value is -2.11. The van der Waals surface area contributed by atoms with E-state index >= 15 is 0 Å². The summed E-state index contributed by atoms with van der Waals surface area (Å²) in [7, 11) is 0. The van der Waals surface area contributed by atoms with Gasteiger partial charge in [0.1, 0.15) is 5.82 Å². The molecule has 2 atom stereocenters. The van der Waals surface area contributed by atoms with E-state index in [9.17, 15) is 19.1 Å². The zero-order chi connectivity index (χ0) is 15.4. The van der Waals surface area contributed by atoms with Crippen LogP contribution in [0.15, 0.2) is 18.2 Å². The summed E-state index contributed by atoms with van der Waals surface area (Å²) < 4.78 is 13.0. The summed E-state index contributed by atoms with van der Waals surface area (Å²) in [4.78, 5) is 23.2. The van der Waals surface area contributed by atoms with Crippen LogP contribution in [0.2, 0.25) is 0 Å². The quantitative estimate of drug-likeness (QED) is 0.802. The van der Waals surface area contributed by atoms with E-state index in [0.717, 1.165) is 12.8 Å². The number of benzene rings is 1. The smallest absolute Gasteiger partial charge is 0.319 e. The van der Waals surface area contributed by atoms with Gasteiger partial charge < -0.3 is 15.7 Å². The van der Waals surface area contributed by atoms with Gasteiger partial charge in [-0.3, -0.25) is 4.79 Å². The summed E-state index contributed by atoms with van der Waals surface area (Å²) in [6.45, 7) is 1.69. The first-order valence-electron chi connectivity index (χ1n) is 7.04. The van der Waals surface area contributed by atoms with Gasteiger partial charge in [0, 0.05) is 11.7 Å². The number of carboxylic acids is 1. The van der Waals surface area contributed by atoms with Gasteiger partial charge in [-0.2, -0.15) is 0 Å². The van der Waals surface area contributed by atoms with Crippen molar-refractivity contribution in [1.82, 2.24) is 5.32 Å². The minimum absolute atomic E-state index is 0.364. The van der Waals surface area contributed by atoms with Gasteiger partial charge in [-0.05, 0) is 43.5 Å². The van der Waals surface area contributed by atoms with Crippen LogP contribution in [-0.4, -0.2) is 23.1 Å². The minimum Gasteiger partial charge on any atom is -0.481 e. The largest absolute Gasteiger partial charge is 0.481 e. The molecular formula is C15H19FN2O3. The highest BCUT2D eigenvalue weighted by molar-refractivity contribution is 5.90. The van der Waals surface area contributed by atoms with Crippen LogP contribution in [0.4, 0.5) is 14.9 Å². The summed E-state index contributed by atoms with van der Waals surface area (Å²) >= 11 is 0. The number of carbonyl (C=O) groups excluding carboxylic acids is 1. The topological polar surface area (TPSA) is 78.4 Å². The highest BCUT2D eigenvalue weighted by atomic mass is 19.1. The van der Waals surface area contributed by atoms with Crippen molar-refractivity contribution in [3.63, 3.8) is 0 Å². The number of urea groups is 1. The second kappa shape index (κ2) is 6.56. The van der Waals surface area contributed by atoms with E-state index in [0.29, 0.717) is 24.1 Å². The van der Waals surface area contributed by atoms with E-state index in [1.54, 1.807) is 6.92 Å². The molecule has 0 spiro atoms. The van der Waals surface area contributed by atoms with Gasteiger partial charge in [0.15, 0.2) is 0 Å². The Bertz CT molecular complexity index is 548. The molecule has 0 saturated heterocycles. The molecule has 1 aliphatic rings. The SMILES string of the molecule is Cc1cc(F)ccc1NC(=O)NC1CCCCC1C(=O)O. The van der Waals surface area contributed by atoms with Crippen LogP contribution in [0, 0.1) is 18.7 Å².